The Morgan fingerprint density at radius 3 is 2.76 bits per heavy atom. The van der Waals surface area contributed by atoms with Gasteiger partial charge in [0, 0.05) is 5.56 Å². The maximum absolute atomic E-state index is 12.2. The van der Waals surface area contributed by atoms with Gasteiger partial charge in [0.1, 0.15) is 11.5 Å². The first-order chi connectivity index (χ1) is 10.2. The van der Waals surface area contributed by atoms with E-state index in [0.717, 1.165) is 5.56 Å². The fraction of sp³-hybridized carbons (Fsp3) is 0.250. The molecular weight excluding hydrogens is 272 g/mol. The highest BCUT2D eigenvalue weighted by atomic mass is 16.6. The van der Waals surface area contributed by atoms with Crippen LogP contribution in [0.3, 0.4) is 0 Å². The molecule has 5 nitrogen and oxygen atoms in total. The van der Waals surface area contributed by atoms with E-state index in [4.69, 9.17) is 13.9 Å². The maximum atomic E-state index is 12.2. The summed E-state index contributed by atoms with van der Waals surface area (Å²) in [6, 6.07) is 10.6. The van der Waals surface area contributed by atoms with Crippen LogP contribution >= 0.6 is 0 Å². The zero-order chi connectivity index (χ0) is 14.8. The van der Waals surface area contributed by atoms with Crippen LogP contribution in [0.5, 0.6) is 5.75 Å². The first kappa shape index (κ1) is 13.4. The van der Waals surface area contributed by atoms with Gasteiger partial charge in [0.25, 0.3) is 0 Å². The van der Waals surface area contributed by atoms with E-state index in [1.807, 2.05) is 12.1 Å². The number of esters is 2. The average Bonchev–Trinajstić information content (AvgIpc) is 2.99. The van der Waals surface area contributed by atoms with Crippen molar-refractivity contribution in [3.8, 4) is 5.75 Å². The van der Waals surface area contributed by atoms with Crippen LogP contribution in [-0.4, -0.2) is 18.5 Å². The Bertz CT molecular complexity index is 659. The Balaban J connectivity index is 2.11. The predicted octanol–water partition coefficient (Wildman–Crippen LogP) is 2.51. The average molecular weight is 286 g/mol. The van der Waals surface area contributed by atoms with Crippen molar-refractivity contribution in [2.45, 2.75) is 12.8 Å². The van der Waals surface area contributed by atoms with Crippen molar-refractivity contribution in [1.82, 2.24) is 0 Å². The summed E-state index contributed by atoms with van der Waals surface area (Å²) in [7, 11) is 0. The standard InChI is InChI=1S/C16H14O5/c1-2-19-15(17)14-13(12-8-5-9-20-12)10-6-3-4-7-11(10)21-16(14)18/h3-9,13-14H,2H2,1H3/t13-,14+/m1/s1. The Morgan fingerprint density at radius 1 is 1.24 bits per heavy atom. The van der Waals surface area contributed by atoms with Gasteiger partial charge < -0.3 is 13.9 Å². The normalized spacial score (nSPS) is 20.5. The van der Waals surface area contributed by atoms with E-state index in [-0.39, 0.29) is 6.61 Å². The van der Waals surface area contributed by atoms with E-state index >= 15 is 0 Å². The Morgan fingerprint density at radius 2 is 2.05 bits per heavy atom. The van der Waals surface area contributed by atoms with Crippen LogP contribution in [0.2, 0.25) is 0 Å². The molecule has 0 saturated carbocycles. The highest BCUT2D eigenvalue weighted by Crippen LogP contribution is 2.42. The molecule has 0 fully saturated rings. The molecule has 1 aliphatic rings. The molecular formula is C16H14O5. The van der Waals surface area contributed by atoms with Crippen molar-refractivity contribution in [2.75, 3.05) is 6.61 Å². The summed E-state index contributed by atoms with van der Waals surface area (Å²) < 4.78 is 15.7. The molecule has 0 spiro atoms. The number of carbonyl (C=O) groups is 2. The lowest BCUT2D eigenvalue weighted by Gasteiger charge is -2.29. The van der Waals surface area contributed by atoms with Crippen molar-refractivity contribution in [3.05, 3.63) is 54.0 Å². The Kier molecular flexibility index (Phi) is 3.48. The van der Waals surface area contributed by atoms with E-state index < -0.39 is 23.8 Å². The summed E-state index contributed by atoms with van der Waals surface area (Å²) in [6.07, 6.45) is 1.51. The molecule has 0 aliphatic carbocycles. The zero-order valence-electron chi connectivity index (χ0n) is 11.4. The smallest absolute Gasteiger partial charge is 0.326 e. The first-order valence-electron chi connectivity index (χ1n) is 6.73. The molecule has 2 aromatic rings. The molecule has 2 atom stereocenters. The van der Waals surface area contributed by atoms with Crippen LogP contribution in [0.15, 0.2) is 47.1 Å². The lowest BCUT2D eigenvalue weighted by atomic mass is 9.82. The lowest BCUT2D eigenvalue weighted by molar-refractivity contribution is -0.159. The van der Waals surface area contributed by atoms with Crippen molar-refractivity contribution < 1.29 is 23.5 Å². The van der Waals surface area contributed by atoms with Gasteiger partial charge in [-0.05, 0) is 25.1 Å². The van der Waals surface area contributed by atoms with Gasteiger partial charge >= 0.3 is 11.9 Å². The van der Waals surface area contributed by atoms with Gasteiger partial charge in [0.2, 0.25) is 0 Å². The van der Waals surface area contributed by atoms with Crippen LogP contribution in [0, 0.1) is 5.92 Å². The molecule has 0 saturated heterocycles. The van der Waals surface area contributed by atoms with Crippen molar-refractivity contribution in [1.29, 1.82) is 0 Å². The Labute approximate surface area is 121 Å². The second-order valence-corrected chi connectivity index (χ2v) is 4.68. The highest BCUT2D eigenvalue weighted by molar-refractivity contribution is 5.99. The van der Waals surface area contributed by atoms with Crippen LogP contribution in [0.1, 0.15) is 24.2 Å². The molecule has 5 heteroatoms. The molecule has 1 aromatic carbocycles. The molecule has 1 aromatic heterocycles. The van der Waals surface area contributed by atoms with Gasteiger partial charge in [-0.25, -0.2) is 0 Å². The third kappa shape index (κ3) is 2.31. The van der Waals surface area contributed by atoms with E-state index in [9.17, 15) is 9.59 Å². The summed E-state index contributed by atoms with van der Waals surface area (Å²) >= 11 is 0. The number of fused-ring (bicyclic) bond motifs is 1. The highest BCUT2D eigenvalue weighted by Gasteiger charge is 2.45. The summed E-state index contributed by atoms with van der Waals surface area (Å²) in [4.78, 5) is 24.4. The molecule has 0 unspecified atom stereocenters. The maximum Gasteiger partial charge on any atom is 0.326 e. The van der Waals surface area contributed by atoms with E-state index in [1.54, 1.807) is 31.2 Å². The molecule has 0 radical (unpaired) electrons. The van der Waals surface area contributed by atoms with E-state index in [0.29, 0.717) is 11.5 Å². The lowest BCUT2D eigenvalue weighted by Crippen LogP contribution is -2.38. The number of rotatable bonds is 3. The third-order valence-corrected chi connectivity index (χ3v) is 3.44. The van der Waals surface area contributed by atoms with Crippen LogP contribution in [-0.2, 0) is 14.3 Å². The fourth-order valence-corrected chi connectivity index (χ4v) is 2.57. The van der Waals surface area contributed by atoms with Gasteiger partial charge in [-0.2, -0.15) is 0 Å². The molecule has 108 valence electrons. The number of carbonyl (C=O) groups excluding carboxylic acids is 2. The molecule has 0 amide bonds. The molecule has 0 bridgehead atoms. The van der Waals surface area contributed by atoms with Gasteiger partial charge in [-0.15, -0.1) is 0 Å². The van der Waals surface area contributed by atoms with Gasteiger partial charge in [-0.1, -0.05) is 18.2 Å². The minimum atomic E-state index is -1.05. The first-order valence-corrected chi connectivity index (χ1v) is 6.73. The van der Waals surface area contributed by atoms with Crippen LogP contribution in [0.4, 0.5) is 0 Å². The zero-order valence-corrected chi connectivity index (χ0v) is 11.4. The summed E-state index contributed by atoms with van der Waals surface area (Å²) in [5.74, 6) is -1.81. The van der Waals surface area contributed by atoms with Gasteiger partial charge in [0.05, 0.1) is 18.8 Å². The summed E-state index contributed by atoms with van der Waals surface area (Å²) in [5.41, 5.74) is 0.741. The molecule has 0 N–H and O–H groups in total. The largest absolute Gasteiger partial charge is 0.469 e. The second-order valence-electron chi connectivity index (χ2n) is 4.68. The topological polar surface area (TPSA) is 65.7 Å². The van der Waals surface area contributed by atoms with Gasteiger partial charge in [-0.3, -0.25) is 9.59 Å². The SMILES string of the molecule is CCOC(=O)[C@H]1C(=O)Oc2ccccc2[C@@H]1c1ccco1. The number of hydrogen-bond donors (Lipinski definition) is 0. The molecule has 21 heavy (non-hydrogen) atoms. The van der Waals surface area contributed by atoms with E-state index in [2.05, 4.69) is 0 Å². The van der Waals surface area contributed by atoms with Gasteiger partial charge in [0.15, 0.2) is 5.92 Å². The number of furan rings is 1. The Hall–Kier alpha value is -2.56. The van der Waals surface area contributed by atoms with Crippen LogP contribution < -0.4 is 4.74 Å². The minimum absolute atomic E-state index is 0.204. The van der Waals surface area contributed by atoms with Crippen molar-refractivity contribution in [3.63, 3.8) is 0 Å². The fourth-order valence-electron chi connectivity index (χ4n) is 2.57. The van der Waals surface area contributed by atoms with Crippen molar-refractivity contribution >= 4 is 11.9 Å². The second kappa shape index (κ2) is 5.44. The third-order valence-electron chi connectivity index (χ3n) is 3.44. The minimum Gasteiger partial charge on any atom is -0.469 e. The monoisotopic (exact) mass is 286 g/mol. The number of benzene rings is 1. The molecule has 1 aliphatic heterocycles. The predicted molar refractivity (Wildman–Crippen MR) is 72.8 cm³/mol. The van der Waals surface area contributed by atoms with E-state index in [1.165, 1.54) is 6.26 Å². The quantitative estimate of drug-likeness (QED) is 0.493. The summed E-state index contributed by atoms with van der Waals surface area (Å²) in [5, 5.41) is 0. The number of hydrogen-bond acceptors (Lipinski definition) is 5. The van der Waals surface area contributed by atoms with Crippen LogP contribution in [0.25, 0.3) is 0 Å². The molecule has 3 rings (SSSR count). The number of ether oxygens (including phenoxy) is 2. The number of para-hydroxylation sites is 1. The van der Waals surface area contributed by atoms with Crippen molar-refractivity contribution in [2.24, 2.45) is 5.92 Å². The molecule has 2 heterocycles. The summed E-state index contributed by atoms with van der Waals surface area (Å²) in [6.45, 7) is 1.90.